The maximum absolute atomic E-state index is 12.3. The monoisotopic (exact) mass is 670 g/mol. The standard InChI is InChI=1S/C33H38N2O13/c1-34-12-15-9-21(43-3)27(44-4)28-22(15)19-13-45-20-11-17(10-18(23(20)26(19)47-28)14-6-5-7-16(36)8-14)46-30-25(38)24(37)29(39)33(48-30,32(41)42)31(40)35-2/h5-11,19,24-26,29-31,34-40H,12-13H2,1-4H3,(H,41,42)/t19-,24-,25-,26-,29+,30+,31-,33-/m1/s1. The van der Waals surface area contributed by atoms with Crippen LogP contribution in [0.4, 0.5) is 0 Å². The van der Waals surface area contributed by atoms with Crippen LogP contribution in [0, 0.1) is 0 Å². The van der Waals surface area contributed by atoms with E-state index in [4.69, 9.17) is 28.4 Å². The van der Waals surface area contributed by atoms with Gasteiger partial charge in [0.2, 0.25) is 17.6 Å². The maximum atomic E-state index is 12.3. The Balaban J connectivity index is 1.46. The van der Waals surface area contributed by atoms with Gasteiger partial charge in [-0.25, -0.2) is 4.79 Å². The van der Waals surface area contributed by atoms with Gasteiger partial charge in [0, 0.05) is 23.7 Å². The number of rotatable bonds is 10. The summed E-state index contributed by atoms with van der Waals surface area (Å²) in [4.78, 5) is 12.3. The third-order valence-electron chi connectivity index (χ3n) is 9.04. The van der Waals surface area contributed by atoms with Crippen LogP contribution < -0.4 is 34.3 Å². The summed E-state index contributed by atoms with van der Waals surface area (Å²) >= 11 is 0. The summed E-state index contributed by atoms with van der Waals surface area (Å²) in [5.74, 6) is -0.329. The predicted molar refractivity (Wildman–Crippen MR) is 166 cm³/mol. The summed E-state index contributed by atoms with van der Waals surface area (Å²) in [6.07, 6.45) is -10.7. The van der Waals surface area contributed by atoms with E-state index < -0.39 is 48.5 Å². The van der Waals surface area contributed by atoms with Crippen LogP contribution in [0.25, 0.3) is 11.1 Å². The zero-order valence-corrected chi connectivity index (χ0v) is 26.5. The van der Waals surface area contributed by atoms with Crippen molar-refractivity contribution in [3.05, 3.63) is 59.2 Å². The fourth-order valence-electron chi connectivity index (χ4n) is 6.75. The zero-order chi connectivity index (χ0) is 34.5. The number of carbonyl (C=O) groups is 1. The molecule has 0 aromatic heterocycles. The Morgan fingerprint density at radius 1 is 1.06 bits per heavy atom. The van der Waals surface area contributed by atoms with Gasteiger partial charge in [0.15, 0.2) is 11.5 Å². The van der Waals surface area contributed by atoms with E-state index in [0.717, 1.165) is 11.1 Å². The van der Waals surface area contributed by atoms with Gasteiger partial charge in [-0.15, -0.1) is 0 Å². The van der Waals surface area contributed by atoms with Crippen LogP contribution in [-0.2, 0) is 16.1 Å². The normalized spacial score (nSPS) is 27.8. The van der Waals surface area contributed by atoms with Crippen molar-refractivity contribution in [1.29, 1.82) is 0 Å². The van der Waals surface area contributed by atoms with Gasteiger partial charge in [-0.1, -0.05) is 12.1 Å². The van der Waals surface area contributed by atoms with Gasteiger partial charge < -0.3 is 64.4 Å². The number of nitrogens with one attached hydrogen (secondary N) is 2. The number of aromatic hydroxyl groups is 1. The van der Waals surface area contributed by atoms with Crippen LogP contribution in [0.1, 0.15) is 28.7 Å². The minimum absolute atomic E-state index is 0.0158. The summed E-state index contributed by atoms with van der Waals surface area (Å²) in [6.45, 7) is 0.697. The number of benzene rings is 3. The molecule has 15 heteroatoms. The topological polar surface area (TPSA) is 218 Å². The van der Waals surface area contributed by atoms with E-state index in [1.807, 2.05) is 13.1 Å². The first-order valence-electron chi connectivity index (χ1n) is 15.2. The Labute approximate surface area is 275 Å². The zero-order valence-electron chi connectivity index (χ0n) is 26.5. The van der Waals surface area contributed by atoms with Crippen LogP contribution in [0.2, 0.25) is 0 Å². The number of methoxy groups -OCH3 is 2. The Kier molecular flexibility index (Phi) is 9.04. The second kappa shape index (κ2) is 12.9. The predicted octanol–water partition coefficient (Wildman–Crippen LogP) is 0.585. The molecule has 3 aliphatic rings. The molecule has 3 aliphatic heterocycles. The van der Waals surface area contributed by atoms with Gasteiger partial charge in [-0.05, 0) is 55.1 Å². The number of phenols is 1. The molecule has 0 radical (unpaired) electrons. The first-order chi connectivity index (χ1) is 23.0. The smallest absolute Gasteiger partial charge is 0.343 e. The van der Waals surface area contributed by atoms with Crippen LogP contribution in [0.15, 0.2) is 42.5 Å². The number of hydrogen-bond donors (Lipinski definition) is 8. The summed E-state index contributed by atoms with van der Waals surface area (Å²) in [5, 5.41) is 68.5. The molecule has 3 aromatic rings. The highest BCUT2D eigenvalue weighted by atomic mass is 16.7. The molecular formula is C33H38N2O13. The number of carboxylic acid groups (broad SMARTS) is 1. The van der Waals surface area contributed by atoms with E-state index in [-0.39, 0.29) is 24.0 Å². The van der Waals surface area contributed by atoms with Crippen molar-refractivity contribution in [3.63, 3.8) is 0 Å². The molecule has 8 N–H and O–H groups in total. The Morgan fingerprint density at radius 3 is 2.48 bits per heavy atom. The Bertz CT molecular complexity index is 1700. The molecule has 15 nitrogen and oxygen atoms in total. The third-order valence-corrected chi connectivity index (χ3v) is 9.04. The molecule has 6 rings (SSSR count). The quantitative estimate of drug-likeness (QED) is 0.138. The summed E-state index contributed by atoms with van der Waals surface area (Å²) in [7, 11) is 6.13. The van der Waals surface area contributed by atoms with E-state index in [1.165, 1.54) is 32.4 Å². The van der Waals surface area contributed by atoms with Crippen molar-refractivity contribution in [2.24, 2.45) is 0 Å². The van der Waals surface area contributed by atoms with Crippen LogP contribution in [-0.4, -0.2) is 108 Å². The van der Waals surface area contributed by atoms with E-state index in [9.17, 15) is 35.4 Å². The Morgan fingerprint density at radius 2 is 1.83 bits per heavy atom. The number of likely N-dealkylation sites (N-methyl/N-ethyl adjacent to an activating group) is 1. The average Bonchev–Trinajstić information content (AvgIpc) is 3.47. The molecule has 0 amide bonds. The number of phenolic OH excluding ortho intramolecular Hbond substituents is 1. The first kappa shape index (κ1) is 33.5. The van der Waals surface area contributed by atoms with Crippen molar-refractivity contribution >= 4 is 5.97 Å². The molecule has 3 aromatic carbocycles. The number of aliphatic carboxylic acids is 1. The third kappa shape index (κ3) is 5.24. The van der Waals surface area contributed by atoms with E-state index >= 15 is 0 Å². The number of fused-ring (bicyclic) bond motifs is 5. The molecule has 0 spiro atoms. The lowest BCUT2D eigenvalue weighted by molar-refractivity contribution is -0.327. The van der Waals surface area contributed by atoms with E-state index in [2.05, 4.69) is 10.6 Å². The van der Waals surface area contributed by atoms with Gasteiger partial charge >= 0.3 is 5.97 Å². The molecule has 258 valence electrons. The van der Waals surface area contributed by atoms with Crippen molar-refractivity contribution in [2.45, 2.75) is 55.0 Å². The molecule has 0 bridgehead atoms. The van der Waals surface area contributed by atoms with Crippen LogP contribution in [0.5, 0.6) is 34.5 Å². The van der Waals surface area contributed by atoms with Crippen molar-refractivity contribution < 1.29 is 63.9 Å². The molecule has 8 atom stereocenters. The summed E-state index contributed by atoms with van der Waals surface area (Å²) in [5.41, 5.74) is 0.679. The lowest BCUT2D eigenvalue weighted by Crippen LogP contribution is -2.74. The maximum Gasteiger partial charge on any atom is 0.343 e. The van der Waals surface area contributed by atoms with E-state index in [0.29, 0.717) is 46.2 Å². The molecular weight excluding hydrogens is 632 g/mol. The van der Waals surface area contributed by atoms with Gasteiger partial charge in [0.1, 0.15) is 47.9 Å². The lowest BCUT2D eigenvalue weighted by atomic mass is 9.83. The van der Waals surface area contributed by atoms with Gasteiger partial charge in [0.05, 0.1) is 26.7 Å². The lowest BCUT2D eigenvalue weighted by Gasteiger charge is -2.47. The summed E-state index contributed by atoms with van der Waals surface area (Å²) < 4.78 is 35.8. The van der Waals surface area contributed by atoms with Crippen molar-refractivity contribution in [2.75, 3.05) is 34.9 Å². The number of aliphatic hydroxyl groups excluding tert-OH is 4. The second-order valence-corrected chi connectivity index (χ2v) is 11.8. The molecule has 1 saturated heterocycles. The molecule has 1 fully saturated rings. The van der Waals surface area contributed by atoms with Gasteiger partial charge in [0.25, 0.3) is 0 Å². The van der Waals surface area contributed by atoms with E-state index in [1.54, 1.807) is 25.3 Å². The number of hydrogen-bond acceptors (Lipinski definition) is 14. The number of ether oxygens (including phenoxy) is 6. The molecule has 0 aliphatic carbocycles. The van der Waals surface area contributed by atoms with Crippen LogP contribution in [0.3, 0.4) is 0 Å². The highest BCUT2D eigenvalue weighted by Gasteiger charge is 2.63. The minimum Gasteiger partial charge on any atom is -0.508 e. The fraction of sp³-hybridized carbons (Fsp3) is 0.424. The van der Waals surface area contributed by atoms with Crippen LogP contribution >= 0.6 is 0 Å². The first-order valence-corrected chi connectivity index (χ1v) is 15.2. The minimum atomic E-state index is -2.81. The summed E-state index contributed by atoms with van der Waals surface area (Å²) in [6, 6.07) is 11.4. The molecule has 0 saturated carbocycles. The second-order valence-electron chi connectivity index (χ2n) is 11.8. The van der Waals surface area contributed by atoms with Crippen molar-refractivity contribution in [1.82, 2.24) is 10.6 Å². The number of carboxylic acids is 1. The average molecular weight is 671 g/mol. The van der Waals surface area contributed by atoms with Gasteiger partial charge in [-0.2, -0.15) is 0 Å². The van der Waals surface area contributed by atoms with Gasteiger partial charge in [-0.3, -0.25) is 5.32 Å². The molecule has 48 heavy (non-hydrogen) atoms. The highest BCUT2D eigenvalue weighted by Crippen LogP contribution is 2.59. The largest absolute Gasteiger partial charge is 0.508 e. The number of aliphatic hydroxyl groups is 4. The van der Waals surface area contributed by atoms with Crippen molar-refractivity contribution in [3.8, 4) is 45.6 Å². The molecule has 3 heterocycles. The SMILES string of the molecule is CNCc1cc(OC)c(OC)c2c1[C@H]1COc3cc(O[C@H]4O[C@@](C(=O)O)([C@@H](O)NC)[C@@H](O)[C@H](O)[C@H]4O)cc(-c4cccc(O)c4)c3[C@@H]1O2. The Hall–Kier alpha value is -4.35. The molecule has 0 unspecified atom stereocenters. The fourth-order valence-corrected chi connectivity index (χ4v) is 6.75. The highest BCUT2D eigenvalue weighted by molar-refractivity contribution is 5.80.